The van der Waals surface area contributed by atoms with Crippen molar-refractivity contribution in [2.45, 2.75) is 6.54 Å². The minimum atomic E-state index is -0.232. The van der Waals surface area contributed by atoms with Gasteiger partial charge in [0, 0.05) is 18.1 Å². The van der Waals surface area contributed by atoms with Crippen LogP contribution in [0, 0.1) is 0 Å². The number of nitrogens with zero attached hydrogens (tertiary/aromatic N) is 1. The second-order valence-corrected chi connectivity index (χ2v) is 5.59. The molecule has 2 aromatic carbocycles. The Morgan fingerprint density at radius 2 is 1.90 bits per heavy atom. The smallest absolute Gasteiger partial charge is 0.257 e. The Balaban J connectivity index is 2.13. The molecule has 0 heterocycles. The van der Waals surface area contributed by atoms with Crippen molar-refractivity contribution in [3.05, 3.63) is 58.1 Å². The van der Waals surface area contributed by atoms with Gasteiger partial charge in [-0.2, -0.15) is 0 Å². The third kappa shape index (κ3) is 3.76. The zero-order valence-electron chi connectivity index (χ0n) is 11.8. The van der Waals surface area contributed by atoms with Crippen LogP contribution in [0.1, 0.15) is 15.9 Å². The molecule has 0 aliphatic rings. The second kappa shape index (κ2) is 6.63. The molecule has 1 N–H and O–H groups in total. The summed E-state index contributed by atoms with van der Waals surface area (Å²) in [6, 6.07) is 12.3. The van der Waals surface area contributed by atoms with Gasteiger partial charge < -0.3 is 14.7 Å². The van der Waals surface area contributed by atoms with Crippen LogP contribution in [0.3, 0.4) is 0 Å². The molecule has 0 bridgehead atoms. The molecule has 0 aliphatic carbocycles. The summed E-state index contributed by atoms with van der Waals surface area (Å²) >= 11 is 3.30. The van der Waals surface area contributed by atoms with Gasteiger partial charge in [0.05, 0.1) is 12.7 Å². The van der Waals surface area contributed by atoms with Gasteiger partial charge in [-0.3, -0.25) is 4.79 Å². The molecule has 0 fully saturated rings. The Morgan fingerprint density at radius 1 is 1.24 bits per heavy atom. The highest BCUT2D eigenvalue weighted by Gasteiger charge is 2.16. The van der Waals surface area contributed by atoms with Crippen LogP contribution in [-0.4, -0.2) is 30.1 Å². The average Bonchev–Trinajstić information content (AvgIpc) is 2.49. The van der Waals surface area contributed by atoms with Crippen LogP contribution in [0.25, 0.3) is 0 Å². The zero-order valence-corrected chi connectivity index (χ0v) is 13.4. The van der Waals surface area contributed by atoms with E-state index in [2.05, 4.69) is 15.9 Å². The number of aromatic hydroxyl groups is 1. The van der Waals surface area contributed by atoms with Crippen LogP contribution >= 0.6 is 15.9 Å². The van der Waals surface area contributed by atoms with Crippen molar-refractivity contribution >= 4 is 21.8 Å². The molecule has 0 spiro atoms. The fraction of sp³-hybridized carbons (Fsp3) is 0.188. The number of methoxy groups -OCH3 is 1. The fourth-order valence-corrected chi connectivity index (χ4v) is 2.32. The SMILES string of the molecule is COc1ccc(CN(C)C(=O)c2cc(Br)ccc2O)cc1. The van der Waals surface area contributed by atoms with Crippen molar-refractivity contribution in [2.75, 3.05) is 14.2 Å². The van der Waals surface area contributed by atoms with E-state index in [4.69, 9.17) is 4.74 Å². The quantitative estimate of drug-likeness (QED) is 0.919. The van der Waals surface area contributed by atoms with E-state index in [0.29, 0.717) is 6.54 Å². The van der Waals surface area contributed by atoms with Crippen molar-refractivity contribution in [1.29, 1.82) is 0 Å². The van der Waals surface area contributed by atoms with E-state index in [1.54, 1.807) is 31.2 Å². The molecule has 1 amide bonds. The van der Waals surface area contributed by atoms with E-state index in [9.17, 15) is 9.90 Å². The first-order chi connectivity index (χ1) is 10.0. The first kappa shape index (κ1) is 15.4. The topological polar surface area (TPSA) is 49.8 Å². The van der Waals surface area contributed by atoms with Gasteiger partial charge in [0.25, 0.3) is 5.91 Å². The lowest BCUT2D eigenvalue weighted by Gasteiger charge is -2.18. The Bertz CT molecular complexity index is 640. The molecule has 2 aromatic rings. The standard InChI is InChI=1S/C16H16BrNO3/c1-18(10-11-3-6-13(21-2)7-4-11)16(20)14-9-12(17)5-8-15(14)19/h3-9,19H,10H2,1-2H3. The summed E-state index contributed by atoms with van der Waals surface area (Å²) < 4.78 is 5.85. The van der Waals surface area contributed by atoms with Crippen molar-refractivity contribution in [1.82, 2.24) is 4.90 Å². The predicted molar refractivity (Wildman–Crippen MR) is 84.6 cm³/mol. The second-order valence-electron chi connectivity index (χ2n) is 4.67. The third-order valence-electron chi connectivity index (χ3n) is 3.11. The first-order valence-electron chi connectivity index (χ1n) is 6.38. The summed E-state index contributed by atoms with van der Waals surface area (Å²) in [7, 11) is 3.31. The number of halogens is 1. The lowest BCUT2D eigenvalue weighted by Crippen LogP contribution is -2.26. The zero-order chi connectivity index (χ0) is 15.4. The van der Waals surface area contributed by atoms with Crippen molar-refractivity contribution in [3.8, 4) is 11.5 Å². The van der Waals surface area contributed by atoms with Crippen molar-refractivity contribution in [3.63, 3.8) is 0 Å². The van der Waals surface area contributed by atoms with E-state index in [1.165, 1.54) is 6.07 Å². The normalized spacial score (nSPS) is 10.2. The molecule has 0 unspecified atom stereocenters. The molecular weight excluding hydrogens is 334 g/mol. The van der Waals surface area contributed by atoms with Crippen LogP contribution < -0.4 is 4.74 Å². The number of amides is 1. The van der Waals surface area contributed by atoms with E-state index >= 15 is 0 Å². The summed E-state index contributed by atoms with van der Waals surface area (Å²) in [5, 5.41) is 9.80. The Labute approximate surface area is 132 Å². The van der Waals surface area contributed by atoms with Gasteiger partial charge in [0.2, 0.25) is 0 Å². The number of carbonyl (C=O) groups is 1. The largest absolute Gasteiger partial charge is 0.507 e. The highest BCUT2D eigenvalue weighted by Crippen LogP contribution is 2.23. The Kier molecular flexibility index (Phi) is 4.85. The predicted octanol–water partition coefficient (Wildman–Crippen LogP) is 3.44. The van der Waals surface area contributed by atoms with Gasteiger partial charge in [0.1, 0.15) is 11.5 Å². The van der Waals surface area contributed by atoms with Gasteiger partial charge in [-0.25, -0.2) is 0 Å². The van der Waals surface area contributed by atoms with Gasteiger partial charge in [0.15, 0.2) is 0 Å². The maximum Gasteiger partial charge on any atom is 0.257 e. The van der Waals surface area contributed by atoms with Crippen molar-refractivity contribution in [2.24, 2.45) is 0 Å². The maximum absolute atomic E-state index is 12.4. The summed E-state index contributed by atoms with van der Waals surface area (Å²) in [6.07, 6.45) is 0. The molecule has 0 atom stereocenters. The summed E-state index contributed by atoms with van der Waals surface area (Å²) in [5.74, 6) is 0.520. The lowest BCUT2D eigenvalue weighted by molar-refractivity contribution is 0.0782. The van der Waals surface area contributed by atoms with Gasteiger partial charge in [-0.1, -0.05) is 28.1 Å². The molecule has 0 radical (unpaired) electrons. The molecule has 0 aromatic heterocycles. The van der Waals surface area contributed by atoms with Gasteiger partial charge in [-0.15, -0.1) is 0 Å². The molecular formula is C16H16BrNO3. The number of hydrogen-bond acceptors (Lipinski definition) is 3. The number of phenols is 1. The van der Waals surface area contributed by atoms with Crippen LogP contribution in [0.5, 0.6) is 11.5 Å². The van der Waals surface area contributed by atoms with E-state index in [-0.39, 0.29) is 17.2 Å². The third-order valence-corrected chi connectivity index (χ3v) is 3.61. The molecule has 5 heteroatoms. The Morgan fingerprint density at radius 3 is 2.52 bits per heavy atom. The number of benzene rings is 2. The number of hydrogen-bond donors (Lipinski definition) is 1. The molecule has 21 heavy (non-hydrogen) atoms. The summed E-state index contributed by atoms with van der Waals surface area (Å²) in [6.45, 7) is 0.453. The molecule has 2 rings (SSSR count). The van der Waals surface area contributed by atoms with Crippen LogP contribution in [-0.2, 0) is 6.54 Å². The van der Waals surface area contributed by atoms with Crippen LogP contribution in [0.15, 0.2) is 46.9 Å². The highest BCUT2D eigenvalue weighted by atomic mass is 79.9. The molecule has 0 saturated carbocycles. The van der Waals surface area contributed by atoms with Crippen LogP contribution in [0.4, 0.5) is 0 Å². The number of rotatable bonds is 4. The minimum absolute atomic E-state index is 0.0234. The highest BCUT2D eigenvalue weighted by molar-refractivity contribution is 9.10. The summed E-state index contributed by atoms with van der Waals surface area (Å²) in [5.41, 5.74) is 1.27. The maximum atomic E-state index is 12.4. The van der Waals surface area contributed by atoms with Gasteiger partial charge >= 0.3 is 0 Å². The van der Waals surface area contributed by atoms with Crippen LogP contribution in [0.2, 0.25) is 0 Å². The first-order valence-corrected chi connectivity index (χ1v) is 7.17. The fourth-order valence-electron chi connectivity index (χ4n) is 1.96. The molecule has 110 valence electrons. The lowest BCUT2D eigenvalue weighted by atomic mass is 10.1. The molecule has 0 aliphatic heterocycles. The molecule has 0 saturated heterocycles. The monoisotopic (exact) mass is 349 g/mol. The Hall–Kier alpha value is -2.01. The minimum Gasteiger partial charge on any atom is -0.507 e. The molecule has 4 nitrogen and oxygen atoms in total. The van der Waals surface area contributed by atoms with E-state index in [1.807, 2.05) is 24.3 Å². The summed E-state index contributed by atoms with van der Waals surface area (Å²) in [4.78, 5) is 13.9. The van der Waals surface area contributed by atoms with E-state index < -0.39 is 0 Å². The number of ether oxygens (including phenoxy) is 1. The average molecular weight is 350 g/mol. The number of phenolic OH excluding ortho intramolecular Hbond substituents is 1. The van der Waals surface area contributed by atoms with Crippen molar-refractivity contribution < 1.29 is 14.6 Å². The van der Waals surface area contributed by atoms with Gasteiger partial charge in [-0.05, 0) is 35.9 Å². The number of carbonyl (C=O) groups excluding carboxylic acids is 1. The van der Waals surface area contributed by atoms with E-state index in [0.717, 1.165) is 15.8 Å².